The molecule has 0 amide bonds. The quantitative estimate of drug-likeness (QED) is 0.779. The molecule has 2 bridgehead atoms. The summed E-state index contributed by atoms with van der Waals surface area (Å²) >= 11 is 0. The smallest absolute Gasteiger partial charge is 0.309 e. The van der Waals surface area contributed by atoms with Gasteiger partial charge in [0.1, 0.15) is 0 Å². The first-order chi connectivity index (χ1) is 8.92. The first-order valence-electron chi connectivity index (χ1n) is 7.31. The third-order valence-corrected chi connectivity index (χ3v) is 5.64. The van der Waals surface area contributed by atoms with E-state index in [1.807, 2.05) is 13.8 Å². The lowest BCUT2D eigenvalue weighted by Crippen LogP contribution is -2.50. The molecular weight excluding hydrogens is 244 g/mol. The molecule has 3 aliphatic carbocycles. The van der Waals surface area contributed by atoms with Crippen LogP contribution < -0.4 is 0 Å². The Bertz CT molecular complexity index is 406. The maximum atomic E-state index is 12.1. The molecule has 0 radical (unpaired) electrons. The van der Waals surface area contributed by atoms with Crippen molar-refractivity contribution in [2.75, 3.05) is 6.61 Å². The predicted octanol–water partition coefficient (Wildman–Crippen LogP) is 2.32. The van der Waals surface area contributed by atoms with Crippen LogP contribution in [-0.2, 0) is 14.3 Å². The van der Waals surface area contributed by atoms with Crippen molar-refractivity contribution in [3.63, 3.8) is 0 Å². The summed E-state index contributed by atoms with van der Waals surface area (Å²) in [6.45, 7) is 4.49. The zero-order valence-electron chi connectivity index (χ0n) is 11.6. The summed E-state index contributed by atoms with van der Waals surface area (Å²) in [6.07, 6.45) is 4.19. The monoisotopic (exact) mass is 266 g/mol. The first kappa shape index (κ1) is 12.9. The van der Waals surface area contributed by atoms with E-state index in [2.05, 4.69) is 0 Å². The van der Waals surface area contributed by atoms with Gasteiger partial charge in [-0.25, -0.2) is 0 Å². The van der Waals surface area contributed by atoms with Gasteiger partial charge >= 0.3 is 11.9 Å². The Balaban J connectivity index is 1.97. The van der Waals surface area contributed by atoms with Crippen molar-refractivity contribution >= 4 is 11.9 Å². The SMILES string of the molecule is CC1(C)COC(=O)C1[C@@H]1C2CCC(CC2)[C@@H]1C(=O)O. The highest BCUT2D eigenvalue weighted by molar-refractivity contribution is 5.78. The third-order valence-electron chi connectivity index (χ3n) is 5.64. The molecule has 19 heavy (non-hydrogen) atoms. The van der Waals surface area contributed by atoms with Crippen LogP contribution in [0.1, 0.15) is 39.5 Å². The standard InChI is InChI=1S/C15H22O4/c1-15(2)7-19-14(18)12(15)10-8-3-5-9(6-4-8)11(10)13(16)17/h8-12H,3-7H2,1-2H3,(H,16,17)/t8?,9?,10-,11+,12?/m1/s1. The number of carbonyl (C=O) groups excluding carboxylic acids is 1. The van der Waals surface area contributed by atoms with E-state index in [0.717, 1.165) is 25.7 Å². The number of carbonyl (C=O) groups is 2. The van der Waals surface area contributed by atoms with E-state index < -0.39 is 5.97 Å². The second-order valence-electron chi connectivity index (χ2n) is 7.19. The van der Waals surface area contributed by atoms with Crippen molar-refractivity contribution in [3.05, 3.63) is 0 Å². The van der Waals surface area contributed by atoms with Gasteiger partial charge in [-0.1, -0.05) is 13.8 Å². The van der Waals surface area contributed by atoms with Crippen LogP contribution in [0.3, 0.4) is 0 Å². The maximum Gasteiger partial charge on any atom is 0.309 e. The predicted molar refractivity (Wildman–Crippen MR) is 68.3 cm³/mol. The summed E-state index contributed by atoms with van der Waals surface area (Å²) in [6, 6.07) is 0. The summed E-state index contributed by atoms with van der Waals surface area (Å²) in [7, 11) is 0. The molecule has 4 fully saturated rings. The molecule has 106 valence electrons. The van der Waals surface area contributed by atoms with Crippen LogP contribution in [0.25, 0.3) is 0 Å². The van der Waals surface area contributed by atoms with Gasteiger partial charge in [0.05, 0.1) is 18.4 Å². The van der Waals surface area contributed by atoms with E-state index >= 15 is 0 Å². The molecule has 1 N–H and O–H groups in total. The highest BCUT2D eigenvalue weighted by Crippen LogP contribution is 2.56. The summed E-state index contributed by atoms with van der Waals surface area (Å²) < 4.78 is 5.24. The minimum Gasteiger partial charge on any atom is -0.481 e. The Hall–Kier alpha value is -1.06. The molecule has 4 nitrogen and oxygen atoms in total. The number of rotatable bonds is 2. The highest BCUT2D eigenvalue weighted by atomic mass is 16.5. The van der Waals surface area contributed by atoms with E-state index in [9.17, 15) is 14.7 Å². The molecule has 1 saturated heterocycles. The fourth-order valence-electron chi connectivity index (χ4n) is 4.78. The molecule has 3 saturated carbocycles. The second kappa shape index (κ2) is 4.22. The van der Waals surface area contributed by atoms with E-state index in [4.69, 9.17) is 4.74 Å². The number of hydrogen-bond donors (Lipinski definition) is 1. The molecule has 0 spiro atoms. The normalized spacial score (nSPS) is 44.1. The molecule has 1 heterocycles. The first-order valence-corrected chi connectivity index (χ1v) is 7.31. The fourth-order valence-corrected chi connectivity index (χ4v) is 4.78. The number of carboxylic acid groups (broad SMARTS) is 1. The lowest BCUT2D eigenvalue weighted by molar-refractivity contribution is -0.160. The van der Waals surface area contributed by atoms with Gasteiger partial charge in [0.25, 0.3) is 0 Å². The molecule has 0 aromatic carbocycles. The van der Waals surface area contributed by atoms with E-state index in [1.165, 1.54) is 0 Å². The molecule has 0 aromatic rings. The van der Waals surface area contributed by atoms with Gasteiger partial charge in [0.2, 0.25) is 0 Å². The van der Waals surface area contributed by atoms with Gasteiger partial charge in [-0.05, 0) is 43.4 Å². The van der Waals surface area contributed by atoms with Crippen molar-refractivity contribution in [1.29, 1.82) is 0 Å². The molecule has 4 heteroatoms. The average molecular weight is 266 g/mol. The van der Waals surface area contributed by atoms with E-state index in [1.54, 1.807) is 0 Å². The van der Waals surface area contributed by atoms with Gasteiger partial charge in [-0.15, -0.1) is 0 Å². The number of esters is 1. The molecule has 4 aliphatic rings. The molecule has 1 aliphatic heterocycles. The van der Waals surface area contributed by atoms with E-state index in [-0.39, 0.29) is 35.1 Å². The topological polar surface area (TPSA) is 63.6 Å². The zero-order chi connectivity index (χ0) is 13.8. The van der Waals surface area contributed by atoms with Crippen LogP contribution in [0.5, 0.6) is 0 Å². The van der Waals surface area contributed by atoms with Gasteiger partial charge in [0.15, 0.2) is 0 Å². The van der Waals surface area contributed by atoms with Crippen molar-refractivity contribution in [2.45, 2.75) is 39.5 Å². The van der Waals surface area contributed by atoms with Gasteiger partial charge in [-0.2, -0.15) is 0 Å². The summed E-state index contributed by atoms with van der Waals surface area (Å²) in [5.41, 5.74) is -0.229. The Morgan fingerprint density at radius 3 is 2.26 bits per heavy atom. The molecular formula is C15H22O4. The van der Waals surface area contributed by atoms with Crippen molar-refractivity contribution in [1.82, 2.24) is 0 Å². The Morgan fingerprint density at radius 2 is 1.79 bits per heavy atom. The molecule has 1 unspecified atom stereocenters. The number of ether oxygens (including phenoxy) is 1. The lowest BCUT2D eigenvalue weighted by Gasteiger charge is -2.50. The molecule has 3 atom stereocenters. The van der Waals surface area contributed by atoms with Crippen LogP contribution >= 0.6 is 0 Å². The van der Waals surface area contributed by atoms with Crippen molar-refractivity contribution in [2.24, 2.45) is 35.0 Å². The van der Waals surface area contributed by atoms with E-state index in [0.29, 0.717) is 12.5 Å². The third kappa shape index (κ3) is 1.87. The fraction of sp³-hybridized carbons (Fsp3) is 0.867. The van der Waals surface area contributed by atoms with Crippen LogP contribution in [-0.4, -0.2) is 23.7 Å². The number of fused-ring (bicyclic) bond motifs is 3. The largest absolute Gasteiger partial charge is 0.481 e. The Kier molecular flexibility index (Phi) is 2.88. The number of hydrogen-bond acceptors (Lipinski definition) is 3. The van der Waals surface area contributed by atoms with Crippen LogP contribution in [0, 0.1) is 35.0 Å². The summed E-state index contributed by atoms with van der Waals surface area (Å²) in [4.78, 5) is 23.8. The summed E-state index contributed by atoms with van der Waals surface area (Å²) in [5.74, 6) is -0.833. The molecule has 0 aromatic heterocycles. The second-order valence-corrected chi connectivity index (χ2v) is 7.19. The minimum absolute atomic E-state index is 0.0185. The molecule has 4 rings (SSSR count). The van der Waals surface area contributed by atoms with Gasteiger partial charge in [-0.3, -0.25) is 9.59 Å². The Labute approximate surface area is 113 Å². The maximum absolute atomic E-state index is 12.1. The average Bonchev–Trinajstić information content (AvgIpc) is 2.63. The van der Waals surface area contributed by atoms with Crippen LogP contribution in [0.15, 0.2) is 0 Å². The zero-order valence-corrected chi connectivity index (χ0v) is 11.6. The van der Waals surface area contributed by atoms with Crippen molar-refractivity contribution in [3.8, 4) is 0 Å². The Morgan fingerprint density at radius 1 is 1.21 bits per heavy atom. The van der Waals surface area contributed by atoms with Gasteiger partial charge < -0.3 is 9.84 Å². The minimum atomic E-state index is -0.713. The highest BCUT2D eigenvalue weighted by Gasteiger charge is 2.58. The lowest BCUT2D eigenvalue weighted by atomic mass is 9.52. The van der Waals surface area contributed by atoms with Crippen molar-refractivity contribution < 1.29 is 19.4 Å². The summed E-state index contributed by atoms with van der Waals surface area (Å²) in [5, 5.41) is 9.60. The van der Waals surface area contributed by atoms with Crippen LogP contribution in [0.4, 0.5) is 0 Å². The van der Waals surface area contributed by atoms with Gasteiger partial charge in [0, 0.05) is 5.41 Å². The number of aliphatic carboxylic acids is 1. The van der Waals surface area contributed by atoms with Crippen LogP contribution in [0.2, 0.25) is 0 Å². The number of cyclic esters (lactones) is 1. The number of carboxylic acids is 1.